The molecule has 1 saturated heterocycles. The van der Waals surface area contributed by atoms with E-state index in [-0.39, 0.29) is 23.5 Å². The van der Waals surface area contributed by atoms with Crippen LogP contribution in [0.1, 0.15) is 53.2 Å². The smallest absolute Gasteiger partial charge is 0.280 e. The number of carbonyl (C=O) groups is 2. The number of pyridine rings is 1. The molecule has 0 atom stereocenters. The van der Waals surface area contributed by atoms with E-state index in [1.807, 2.05) is 35.2 Å². The molecule has 2 N–H and O–H groups in total. The Morgan fingerprint density at radius 3 is 2.63 bits per heavy atom. The fourth-order valence-corrected chi connectivity index (χ4v) is 5.52. The van der Waals surface area contributed by atoms with Crippen LogP contribution >= 0.6 is 0 Å². The minimum absolute atomic E-state index is 0.0537. The summed E-state index contributed by atoms with van der Waals surface area (Å²) in [5.41, 5.74) is 7.52. The standard InChI is InChI=1S/C31H32N6O4/c1-2-41-35-30(40)26-19-37(24-13-10-21-5-3-6-22(21)17-24)29-25(28(26)39)18-32-31(34-29)33-23-11-8-20(9-12-23)14-16-36-15-4-7-27(36)38/h8-13,17-19H,2-7,14-16H2,1H3,(H,35,40)(H,32,33,34). The molecule has 3 heterocycles. The first-order chi connectivity index (χ1) is 20.0. The van der Waals surface area contributed by atoms with E-state index < -0.39 is 11.3 Å². The van der Waals surface area contributed by atoms with Crippen LogP contribution in [0.25, 0.3) is 16.7 Å². The van der Waals surface area contributed by atoms with Crippen molar-refractivity contribution in [2.75, 3.05) is 25.0 Å². The van der Waals surface area contributed by atoms with Gasteiger partial charge in [0.15, 0.2) is 5.65 Å². The van der Waals surface area contributed by atoms with Crippen LogP contribution in [0.3, 0.4) is 0 Å². The molecule has 10 heteroatoms. The van der Waals surface area contributed by atoms with Crippen LogP contribution in [0.15, 0.2) is 59.7 Å². The first-order valence-corrected chi connectivity index (χ1v) is 14.1. The van der Waals surface area contributed by atoms with Crippen molar-refractivity contribution in [2.45, 2.75) is 45.4 Å². The molecule has 0 unspecified atom stereocenters. The van der Waals surface area contributed by atoms with Gasteiger partial charge in [-0.25, -0.2) is 10.5 Å². The summed E-state index contributed by atoms with van der Waals surface area (Å²) in [5.74, 6) is -0.0593. The van der Waals surface area contributed by atoms with Gasteiger partial charge in [-0.15, -0.1) is 0 Å². The van der Waals surface area contributed by atoms with E-state index in [1.54, 1.807) is 11.5 Å². The highest BCUT2D eigenvalue weighted by atomic mass is 16.6. The summed E-state index contributed by atoms with van der Waals surface area (Å²) in [5, 5.41) is 3.46. The molecule has 2 aromatic heterocycles. The van der Waals surface area contributed by atoms with Crippen molar-refractivity contribution < 1.29 is 14.4 Å². The second kappa shape index (κ2) is 11.5. The number of hydroxylamine groups is 1. The average molecular weight is 553 g/mol. The molecule has 6 rings (SSSR count). The summed E-state index contributed by atoms with van der Waals surface area (Å²) < 4.78 is 1.77. The highest BCUT2D eigenvalue weighted by Gasteiger charge is 2.21. The molecule has 1 aliphatic heterocycles. The summed E-state index contributed by atoms with van der Waals surface area (Å²) in [6, 6.07) is 14.1. The number of anilines is 2. The second-order valence-electron chi connectivity index (χ2n) is 10.4. The van der Waals surface area contributed by atoms with E-state index in [4.69, 9.17) is 9.82 Å². The number of amides is 2. The number of nitrogens with zero attached hydrogens (tertiary/aromatic N) is 4. The van der Waals surface area contributed by atoms with Gasteiger partial charge in [0.25, 0.3) is 5.91 Å². The predicted octanol–water partition coefficient (Wildman–Crippen LogP) is 3.86. The first-order valence-electron chi connectivity index (χ1n) is 14.1. The number of aromatic nitrogens is 3. The second-order valence-corrected chi connectivity index (χ2v) is 10.4. The molecule has 2 aliphatic rings. The van der Waals surface area contributed by atoms with Gasteiger partial charge in [-0.1, -0.05) is 18.2 Å². The van der Waals surface area contributed by atoms with Gasteiger partial charge in [0.1, 0.15) is 5.56 Å². The van der Waals surface area contributed by atoms with Gasteiger partial charge in [0, 0.05) is 43.3 Å². The third-order valence-corrected chi connectivity index (χ3v) is 7.71. The summed E-state index contributed by atoms with van der Waals surface area (Å²) in [6.07, 6.45) is 8.51. The monoisotopic (exact) mass is 552 g/mol. The molecule has 1 fully saturated rings. The lowest BCUT2D eigenvalue weighted by Crippen LogP contribution is -2.30. The van der Waals surface area contributed by atoms with Crippen LogP contribution in [-0.2, 0) is 28.9 Å². The van der Waals surface area contributed by atoms with Gasteiger partial charge < -0.3 is 14.8 Å². The SMILES string of the molecule is CCONC(=O)c1cn(-c2ccc3c(c2)CCC3)c2nc(Nc3ccc(CCN4CCCC4=O)cc3)ncc2c1=O. The van der Waals surface area contributed by atoms with E-state index in [9.17, 15) is 14.4 Å². The fraction of sp³-hybridized carbons (Fsp3) is 0.323. The Hall–Kier alpha value is -4.57. The summed E-state index contributed by atoms with van der Waals surface area (Å²) in [6.45, 7) is 3.59. The molecule has 0 saturated carbocycles. The minimum atomic E-state index is -0.620. The zero-order valence-corrected chi connectivity index (χ0v) is 23.0. The van der Waals surface area contributed by atoms with Crippen LogP contribution < -0.4 is 16.2 Å². The molecule has 41 heavy (non-hydrogen) atoms. The summed E-state index contributed by atoms with van der Waals surface area (Å²) in [4.78, 5) is 54.1. The Labute approximate surface area is 237 Å². The number of likely N-dealkylation sites (tertiary alicyclic amines) is 1. The number of carbonyl (C=O) groups excluding carboxylic acids is 2. The molecule has 2 aromatic carbocycles. The Bertz CT molecular complexity index is 1680. The lowest BCUT2D eigenvalue weighted by Gasteiger charge is -2.16. The molecule has 10 nitrogen and oxygen atoms in total. The van der Waals surface area contributed by atoms with Crippen molar-refractivity contribution in [1.82, 2.24) is 24.9 Å². The normalized spacial score (nSPS) is 14.5. The molecule has 0 radical (unpaired) electrons. The number of nitrogens with one attached hydrogen (secondary N) is 2. The number of fused-ring (bicyclic) bond motifs is 2. The Balaban J connectivity index is 1.31. The zero-order chi connectivity index (χ0) is 28.3. The third-order valence-electron chi connectivity index (χ3n) is 7.71. The lowest BCUT2D eigenvalue weighted by molar-refractivity contribution is -0.127. The molecule has 0 spiro atoms. The van der Waals surface area contributed by atoms with Crippen LogP contribution in [-0.4, -0.2) is 50.9 Å². The van der Waals surface area contributed by atoms with Gasteiger partial charge in [-0.3, -0.25) is 19.2 Å². The van der Waals surface area contributed by atoms with Crippen molar-refractivity contribution in [1.29, 1.82) is 0 Å². The van der Waals surface area contributed by atoms with Gasteiger partial charge in [0.05, 0.1) is 12.0 Å². The van der Waals surface area contributed by atoms with Crippen LogP contribution in [0.5, 0.6) is 0 Å². The molecule has 210 valence electrons. The highest BCUT2D eigenvalue weighted by Crippen LogP contribution is 2.26. The molecule has 0 bridgehead atoms. The first kappa shape index (κ1) is 26.6. The average Bonchev–Trinajstić information content (AvgIpc) is 3.63. The van der Waals surface area contributed by atoms with Crippen molar-refractivity contribution >= 4 is 34.5 Å². The Morgan fingerprint density at radius 2 is 1.85 bits per heavy atom. The van der Waals surface area contributed by atoms with Crippen molar-refractivity contribution in [3.63, 3.8) is 0 Å². The molecular weight excluding hydrogens is 520 g/mol. The Morgan fingerprint density at radius 1 is 1.02 bits per heavy atom. The number of aryl methyl sites for hydroxylation is 2. The van der Waals surface area contributed by atoms with E-state index >= 15 is 0 Å². The topological polar surface area (TPSA) is 118 Å². The maximum Gasteiger partial charge on any atom is 0.280 e. The van der Waals surface area contributed by atoms with E-state index in [0.29, 0.717) is 18.0 Å². The van der Waals surface area contributed by atoms with E-state index in [0.717, 1.165) is 62.1 Å². The quantitative estimate of drug-likeness (QED) is 0.303. The summed E-state index contributed by atoms with van der Waals surface area (Å²) in [7, 11) is 0. The number of benzene rings is 2. The fourth-order valence-electron chi connectivity index (χ4n) is 5.52. The van der Waals surface area contributed by atoms with Crippen LogP contribution in [0, 0.1) is 0 Å². The van der Waals surface area contributed by atoms with Crippen molar-refractivity contribution in [2.24, 2.45) is 0 Å². The number of hydrogen-bond acceptors (Lipinski definition) is 7. The lowest BCUT2D eigenvalue weighted by atomic mass is 10.1. The maximum absolute atomic E-state index is 13.3. The third kappa shape index (κ3) is 5.55. The van der Waals surface area contributed by atoms with Gasteiger partial charge in [-0.2, -0.15) is 4.98 Å². The molecule has 1 aliphatic carbocycles. The Kier molecular flexibility index (Phi) is 7.47. The number of hydrogen-bond donors (Lipinski definition) is 2. The van der Waals surface area contributed by atoms with Crippen LogP contribution in [0.2, 0.25) is 0 Å². The number of rotatable bonds is 9. The molecular formula is C31H32N6O4. The van der Waals surface area contributed by atoms with Crippen LogP contribution in [0.4, 0.5) is 11.6 Å². The van der Waals surface area contributed by atoms with E-state index in [1.165, 1.54) is 23.5 Å². The predicted molar refractivity (Wildman–Crippen MR) is 155 cm³/mol. The van der Waals surface area contributed by atoms with Gasteiger partial charge >= 0.3 is 0 Å². The maximum atomic E-state index is 13.3. The van der Waals surface area contributed by atoms with Gasteiger partial charge in [0.2, 0.25) is 17.3 Å². The zero-order valence-electron chi connectivity index (χ0n) is 23.0. The largest absolute Gasteiger partial charge is 0.342 e. The summed E-state index contributed by atoms with van der Waals surface area (Å²) >= 11 is 0. The van der Waals surface area contributed by atoms with Crippen molar-refractivity contribution in [3.8, 4) is 5.69 Å². The van der Waals surface area contributed by atoms with Gasteiger partial charge in [-0.05, 0) is 80.0 Å². The molecule has 4 aromatic rings. The van der Waals surface area contributed by atoms with E-state index in [2.05, 4.69) is 27.9 Å². The highest BCUT2D eigenvalue weighted by molar-refractivity contribution is 5.96. The molecule has 2 amide bonds. The minimum Gasteiger partial charge on any atom is -0.342 e. The van der Waals surface area contributed by atoms with Crippen molar-refractivity contribution in [3.05, 3.63) is 87.3 Å².